The van der Waals surface area contributed by atoms with Crippen LogP contribution in [0, 0.1) is 5.41 Å². The van der Waals surface area contributed by atoms with Crippen molar-refractivity contribution in [2.45, 2.75) is 19.3 Å². The SMILES string of the molecule is NC(=O)C1(C(=O)Nc2cccc(N3CCSCC3)n2)CCC1. The lowest BCUT2D eigenvalue weighted by atomic mass is 9.67. The highest BCUT2D eigenvalue weighted by atomic mass is 32.2. The highest BCUT2D eigenvalue weighted by Crippen LogP contribution is 2.41. The Kier molecular flexibility index (Phi) is 4.24. The van der Waals surface area contributed by atoms with Gasteiger partial charge in [0.05, 0.1) is 0 Å². The zero-order valence-corrected chi connectivity index (χ0v) is 13.2. The second kappa shape index (κ2) is 6.16. The van der Waals surface area contributed by atoms with Gasteiger partial charge in [0.25, 0.3) is 0 Å². The van der Waals surface area contributed by atoms with Gasteiger partial charge in [-0.05, 0) is 25.0 Å². The van der Waals surface area contributed by atoms with Gasteiger partial charge in [-0.2, -0.15) is 11.8 Å². The van der Waals surface area contributed by atoms with Crippen LogP contribution in [0.5, 0.6) is 0 Å². The van der Waals surface area contributed by atoms with E-state index in [2.05, 4.69) is 15.2 Å². The Bertz CT molecular complexity index is 583. The third kappa shape index (κ3) is 2.77. The standard InChI is InChI=1S/C15H20N4O2S/c16-13(20)15(5-2-6-15)14(21)18-11-3-1-4-12(17-11)19-7-9-22-10-8-19/h1,3-4H,2,5-10H2,(H2,16,20)(H,17,18,21). The fraction of sp³-hybridized carbons (Fsp3) is 0.533. The van der Waals surface area contributed by atoms with E-state index in [0.29, 0.717) is 18.7 Å². The van der Waals surface area contributed by atoms with E-state index in [0.717, 1.165) is 36.8 Å². The number of nitrogens with two attached hydrogens (primary N) is 1. The number of nitrogens with zero attached hydrogens (tertiary/aromatic N) is 2. The molecule has 0 unspecified atom stereocenters. The minimum Gasteiger partial charge on any atom is -0.369 e. The summed E-state index contributed by atoms with van der Waals surface area (Å²) in [6.45, 7) is 1.92. The van der Waals surface area contributed by atoms with Gasteiger partial charge in [0.1, 0.15) is 17.1 Å². The molecule has 1 aliphatic carbocycles. The lowest BCUT2D eigenvalue weighted by Gasteiger charge is -2.36. The maximum atomic E-state index is 12.4. The predicted molar refractivity (Wildman–Crippen MR) is 87.9 cm³/mol. The van der Waals surface area contributed by atoms with E-state index in [-0.39, 0.29) is 5.91 Å². The molecule has 2 heterocycles. The smallest absolute Gasteiger partial charge is 0.241 e. The van der Waals surface area contributed by atoms with Gasteiger partial charge in [0.2, 0.25) is 11.8 Å². The quantitative estimate of drug-likeness (QED) is 0.815. The molecule has 0 bridgehead atoms. The van der Waals surface area contributed by atoms with Gasteiger partial charge in [-0.15, -0.1) is 0 Å². The zero-order valence-electron chi connectivity index (χ0n) is 12.4. The molecule has 1 aliphatic heterocycles. The number of hydrogen-bond acceptors (Lipinski definition) is 5. The van der Waals surface area contributed by atoms with Gasteiger partial charge >= 0.3 is 0 Å². The number of hydrogen-bond donors (Lipinski definition) is 2. The first-order valence-corrected chi connectivity index (χ1v) is 8.68. The minimum absolute atomic E-state index is 0.329. The van der Waals surface area contributed by atoms with E-state index in [4.69, 9.17) is 5.73 Å². The zero-order chi connectivity index (χ0) is 15.6. The molecule has 22 heavy (non-hydrogen) atoms. The summed E-state index contributed by atoms with van der Waals surface area (Å²) in [7, 11) is 0. The normalized spacial score (nSPS) is 20.1. The molecule has 0 atom stereocenters. The third-order valence-corrected chi connectivity index (χ3v) is 5.37. The average Bonchev–Trinajstić information content (AvgIpc) is 2.47. The van der Waals surface area contributed by atoms with E-state index in [1.165, 1.54) is 0 Å². The van der Waals surface area contributed by atoms with Crippen molar-refractivity contribution < 1.29 is 9.59 Å². The number of primary amides is 1. The second-order valence-electron chi connectivity index (χ2n) is 5.73. The van der Waals surface area contributed by atoms with Crippen LogP contribution in [0.1, 0.15) is 19.3 Å². The average molecular weight is 320 g/mol. The molecule has 3 N–H and O–H groups in total. The number of pyridine rings is 1. The summed E-state index contributed by atoms with van der Waals surface area (Å²) < 4.78 is 0. The summed E-state index contributed by atoms with van der Waals surface area (Å²) in [5.74, 6) is 2.64. The first-order chi connectivity index (χ1) is 10.6. The molecule has 6 nitrogen and oxygen atoms in total. The third-order valence-electron chi connectivity index (χ3n) is 4.42. The van der Waals surface area contributed by atoms with Crippen LogP contribution in [0.3, 0.4) is 0 Å². The lowest BCUT2D eigenvalue weighted by Crippen LogP contribution is -2.51. The molecule has 2 fully saturated rings. The molecule has 2 amide bonds. The molecule has 0 aromatic carbocycles. The number of aromatic nitrogens is 1. The molecule has 1 saturated carbocycles. The number of amides is 2. The Morgan fingerprint density at radius 1 is 1.27 bits per heavy atom. The highest BCUT2D eigenvalue weighted by Gasteiger charge is 2.49. The van der Waals surface area contributed by atoms with Gasteiger partial charge in [-0.3, -0.25) is 9.59 Å². The van der Waals surface area contributed by atoms with Gasteiger partial charge < -0.3 is 16.0 Å². The molecule has 118 valence electrons. The van der Waals surface area contributed by atoms with Crippen LogP contribution in [-0.4, -0.2) is 41.4 Å². The summed E-state index contributed by atoms with van der Waals surface area (Å²) in [4.78, 5) is 30.7. The van der Waals surface area contributed by atoms with Crippen LogP contribution in [-0.2, 0) is 9.59 Å². The number of carbonyl (C=O) groups excluding carboxylic acids is 2. The molecule has 2 aliphatic rings. The topological polar surface area (TPSA) is 88.3 Å². The number of nitrogens with one attached hydrogen (secondary N) is 1. The van der Waals surface area contributed by atoms with Crippen LogP contribution in [0.15, 0.2) is 18.2 Å². The molecule has 3 rings (SSSR count). The van der Waals surface area contributed by atoms with Crippen molar-refractivity contribution in [3.05, 3.63) is 18.2 Å². The van der Waals surface area contributed by atoms with Gasteiger partial charge in [0, 0.05) is 24.6 Å². The summed E-state index contributed by atoms with van der Waals surface area (Å²) in [6, 6.07) is 5.56. The summed E-state index contributed by atoms with van der Waals surface area (Å²) in [5.41, 5.74) is 4.36. The Balaban J connectivity index is 1.72. The molecular formula is C15H20N4O2S. The van der Waals surface area contributed by atoms with Crippen molar-refractivity contribution in [2.75, 3.05) is 34.8 Å². The molecular weight excluding hydrogens is 300 g/mol. The van der Waals surface area contributed by atoms with Gasteiger partial charge in [0.15, 0.2) is 0 Å². The lowest BCUT2D eigenvalue weighted by molar-refractivity contribution is -0.144. The van der Waals surface area contributed by atoms with Crippen LogP contribution in [0.4, 0.5) is 11.6 Å². The van der Waals surface area contributed by atoms with Gasteiger partial charge in [-0.1, -0.05) is 12.5 Å². The van der Waals surface area contributed by atoms with Crippen LogP contribution >= 0.6 is 11.8 Å². The second-order valence-corrected chi connectivity index (χ2v) is 6.96. The monoisotopic (exact) mass is 320 g/mol. The van der Waals surface area contributed by atoms with E-state index in [1.54, 1.807) is 6.07 Å². The van der Waals surface area contributed by atoms with E-state index >= 15 is 0 Å². The summed E-state index contributed by atoms with van der Waals surface area (Å²) in [6.07, 6.45) is 1.91. The summed E-state index contributed by atoms with van der Waals surface area (Å²) >= 11 is 1.93. The van der Waals surface area contributed by atoms with E-state index in [9.17, 15) is 9.59 Å². The predicted octanol–water partition coefficient (Wildman–Crippen LogP) is 1.23. The number of carbonyl (C=O) groups is 2. The van der Waals surface area contributed by atoms with Crippen molar-refractivity contribution in [1.29, 1.82) is 0 Å². The minimum atomic E-state index is -1.04. The Morgan fingerprint density at radius 3 is 2.59 bits per heavy atom. The van der Waals surface area contributed by atoms with Crippen molar-refractivity contribution in [2.24, 2.45) is 11.1 Å². The number of thioether (sulfide) groups is 1. The van der Waals surface area contributed by atoms with Crippen molar-refractivity contribution in [3.63, 3.8) is 0 Å². The fourth-order valence-corrected chi connectivity index (χ4v) is 3.72. The van der Waals surface area contributed by atoms with Crippen molar-refractivity contribution in [3.8, 4) is 0 Å². The van der Waals surface area contributed by atoms with Crippen LogP contribution in [0.2, 0.25) is 0 Å². The molecule has 1 saturated heterocycles. The first kappa shape index (κ1) is 15.1. The van der Waals surface area contributed by atoms with Crippen molar-refractivity contribution in [1.82, 2.24) is 4.98 Å². The molecule has 1 aromatic rings. The van der Waals surface area contributed by atoms with Crippen LogP contribution < -0.4 is 16.0 Å². The Hall–Kier alpha value is -1.76. The fourth-order valence-electron chi connectivity index (χ4n) is 2.81. The van der Waals surface area contributed by atoms with Crippen molar-refractivity contribution >= 4 is 35.2 Å². The summed E-state index contributed by atoms with van der Waals surface area (Å²) in [5, 5.41) is 2.76. The number of anilines is 2. The molecule has 1 aromatic heterocycles. The Labute approximate surface area is 133 Å². The van der Waals surface area contributed by atoms with E-state index in [1.807, 2.05) is 23.9 Å². The molecule has 0 spiro atoms. The van der Waals surface area contributed by atoms with Crippen LogP contribution in [0.25, 0.3) is 0 Å². The molecule has 0 radical (unpaired) electrons. The van der Waals surface area contributed by atoms with E-state index < -0.39 is 11.3 Å². The maximum Gasteiger partial charge on any atom is 0.241 e. The highest BCUT2D eigenvalue weighted by molar-refractivity contribution is 7.99. The number of rotatable bonds is 4. The van der Waals surface area contributed by atoms with Gasteiger partial charge in [-0.25, -0.2) is 4.98 Å². The maximum absolute atomic E-state index is 12.4. The molecule has 7 heteroatoms. The Morgan fingerprint density at radius 2 is 2.00 bits per heavy atom. The largest absolute Gasteiger partial charge is 0.369 e. The first-order valence-electron chi connectivity index (χ1n) is 7.53.